The number of hydrogen-bond donors (Lipinski definition) is 1. The summed E-state index contributed by atoms with van der Waals surface area (Å²) in [5.74, 6) is 7.84. The lowest BCUT2D eigenvalue weighted by molar-refractivity contribution is -0.199. The molecule has 2 saturated carbocycles. The van der Waals surface area contributed by atoms with Crippen LogP contribution in [-0.2, 0) is 20.5 Å². The van der Waals surface area contributed by atoms with E-state index in [0.29, 0.717) is 35.9 Å². The van der Waals surface area contributed by atoms with E-state index in [0.717, 1.165) is 37.9 Å². The van der Waals surface area contributed by atoms with E-state index in [4.69, 9.17) is 10.1 Å². The van der Waals surface area contributed by atoms with Crippen LogP contribution in [0.4, 0.5) is 0 Å². The van der Waals surface area contributed by atoms with Gasteiger partial charge < -0.3 is 4.18 Å². The number of Topliss-reactive ketones (excluding diaryl/α,β-unsaturated/α-hetero) is 1. The van der Waals surface area contributed by atoms with Crippen LogP contribution in [-0.4, -0.2) is 5.78 Å². The van der Waals surface area contributed by atoms with E-state index in [1.807, 2.05) is 6.07 Å². The van der Waals surface area contributed by atoms with E-state index in [1.165, 1.54) is 17.5 Å². The van der Waals surface area contributed by atoms with Crippen LogP contribution >= 0.6 is 12.3 Å². The maximum absolute atomic E-state index is 12.4. The van der Waals surface area contributed by atoms with Gasteiger partial charge >= 0.3 is 0 Å². The van der Waals surface area contributed by atoms with Crippen LogP contribution in [0, 0.1) is 17.3 Å². The topological polar surface area (TPSA) is 70.8 Å². The minimum absolute atomic E-state index is 0.0576. The molecule has 2 N–H and O–H groups in total. The van der Waals surface area contributed by atoms with Crippen molar-refractivity contribution in [2.75, 3.05) is 0 Å². The van der Waals surface area contributed by atoms with Gasteiger partial charge in [-0.05, 0) is 73.1 Å². The second kappa shape index (κ2) is 6.33. The first kappa shape index (κ1) is 16.4. The highest BCUT2D eigenvalue weighted by Gasteiger charge is 2.54. The van der Waals surface area contributed by atoms with Gasteiger partial charge in [0.1, 0.15) is 11.5 Å². The highest BCUT2D eigenvalue weighted by atomic mass is 32.2. The maximum Gasteiger partial charge on any atom is 0.260 e. The molecule has 0 aromatic heterocycles. The lowest BCUT2D eigenvalue weighted by Crippen LogP contribution is -2.42. The van der Waals surface area contributed by atoms with Gasteiger partial charge in [-0.25, -0.2) is 0 Å². The van der Waals surface area contributed by atoms with E-state index in [2.05, 4.69) is 28.4 Å². The first-order chi connectivity index (χ1) is 11.6. The number of hydrogen-bond acceptors (Lipinski definition) is 6. The highest BCUT2D eigenvalue weighted by molar-refractivity contribution is 7.90. The van der Waals surface area contributed by atoms with E-state index in [1.54, 1.807) is 0 Å². The molecule has 5 nitrogen and oxygen atoms in total. The van der Waals surface area contributed by atoms with Gasteiger partial charge in [-0.3, -0.25) is 4.79 Å². The number of benzene rings is 1. The van der Waals surface area contributed by atoms with Gasteiger partial charge in [0, 0.05) is 11.8 Å². The highest BCUT2D eigenvalue weighted by Crippen LogP contribution is 2.59. The molecule has 0 aliphatic heterocycles. The minimum atomic E-state index is -0.0576. The predicted molar refractivity (Wildman–Crippen MR) is 90.6 cm³/mol. The molecule has 2 fully saturated rings. The molecule has 4 unspecified atom stereocenters. The molecule has 0 saturated heterocycles. The van der Waals surface area contributed by atoms with E-state index in [9.17, 15) is 4.79 Å². The van der Waals surface area contributed by atoms with Gasteiger partial charge in [0.05, 0.1) is 0 Å². The van der Waals surface area contributed by atoms with Crippen LogP contribution in [0.5, 0.6) is 5.75 Å². The van der Waals surface area contributed by atoms with Crippen molar-refractivity contribution < 1.29 is 18.3 Å². The largest absolute Gasteiger partial charge is 0.399 e. The minimum Gasteiger partial charge on any atom is -0.399 e. The van der Waals surface area contributed by atoms with E-state index in [-0.39, 0.29) is 5.41 Å². The fraction of sp³-hybridized carbons (Fsp3) is 0.611. The number of carbonyl (C=O) groups excluding carboxylic acids is 1. The van der Waals surface area contributed by atoms with Crippen molar-refractivity contribution in [2.45, 2.75) is 51.4 Å². The number of rotatable bonds is 4. The summed E-state index contributed by atoms with van der Waals surface area (Å²) in [5, 5.41) is 0. The van der Waals surface area contributed by atoms with E-state index < -0.39 is 0 Å². The summed E-state index contributed by atoms with van der Waals surface area (Å²) in [6, 6.07) is 6.25. The fourth-order valence-corrected chi connectivity index (χ4v) is 5.69. The van der Waals surface area contributed by atoms with Crippen LogP contribution in [0.3, 0.4) is 0 Å². The molecule has 1 aromatic carbocycles. The summed E-state index contributed by atoms with van der Waals surface area (Å²) in [4.78, 5) is 16.4. The first-order valence-electron chi connectivity index (χ1n) is 8.66. The monoisotopic (exact) mass is 349 g/mol. The lowest BCUT2D eigenvalue weighted by atomic mass is 9.55. The van der Waals surface area contributed by atoms with Gasteiger partial charge in [0.2, 0.25) is 0 Å². The summed E-state index contributed by atoms with van der Waals surface area (Å²) in [5.41, 5.74) is 2.75. The van der Waals surface area contributed by atoms with Crippen molar-refractivity contribution >= 4 is 18.1 Å². The average molecular weight is 349 g/mol. The molecule has 1 aromatic rings. The summed E-state index contributed by atoms with van der Waals surface area (Å²) in [6.45, 7) is 2.21. The van der Waals surface area contributed by atoms with Crippen molar-refractivity contribution in [3.8, 4) is 5.75 Å². The van der Waals surface area contributed by atoms with Crippen LogP contribution < -0.4 is 10.1 Å². The smallest absolute Gasteiger partial charge is 0.260 e. The van der Waals surface area contributed by atoms with Gasteiger partial charge in [0.15, 0.2) is 0 Å². The van der Waals surface area contributed by atoms with Crippen LogP contribution in [0.1, 0.15) is 56.1 Å². The molecule has 0 spiro atoms. The molecule has 0 bridgehead atoms. The van der Waals surface area contributed by atoms with Crippen LogP contribution in [0.25, 0.3) is 0 Å². The predicted octanol–water partition coefficient (Wildman–Crippen LogP) is 3.88. The van der Waals surface area contributed by atoms with Crippen LogP contribution in [0.2, 0.25) is 0 Å². The second-order valence-electron chi connectivity index (χ2n) is 7.51. The summed E-state index contributed by atoms with van der Waals surface area (Å²) in [7, 11) is 0. The van der Waals surface area contributed by atoms with Gasteiger partial charge in [-0.2, -0.15) is 5.90 Å². The normalized spacial score (nSPS) is 34.4. The zero-order valence-corrected chi connectivity index (χ0v) is 14.6. The SMILES string of the molecule is CC12CCC3c4ccc(OSOON)cc4CCC3C1CCC2=O. The Kier molecular flexibility index (Phi) is 4.33. The van der Waals surface area contributed by atoms with Gasteiger partial charge in [-0.1, -0.05) is 13.0 Å². The fourth-order valence-electron chi connectivity index (χ4n) is 5.45. The molecule has 0 amide bonds. The first-order valence-corrected chi connectivity index (χ1v) is 9.33. The van der Waals surface area contributed by atoms with Crippen molar-refractivity contribution in [3.63, 3.8) is 0 Å². The summed E-state index contributed by atoms with van der Waals surface area (Å²) < 4.78 is 9.87. The Balaban J connectivity index is 1.56. The zero-order chi connectivity index (χ0) is 16.7. The Hall–Kier alpha value is -1.08. The Labute approximate surface area is 146 Å². The Morgan fingerprint density at radius 3 is 2.96 bits per heavy atom. The molecule has 0 heterocycles. The molecule has 6 heteroatoms. The Morgan fingerprint density at radius 2 is 2.12 bits per heavy atom. The summed E-state index contributed by atoms with van der Waals surface area (Å²) in [6.07, 6.45) is 6.24. The Morgan fingerprint density at radius 1 is 1.25 bits per heavy atom. The molecule has 4 atom stereocenters. The molecule has 3 aliphatic rings. The van der Waals surface area contributed by atoms with Crippen molar-refractivity contribution in [3.05, 3.63) is 29.3 Å². The number of ketones is 1. The lowest BCUT2D eigenvalue weighted by Gasteiger charge is -2.48. The molecule has 24 heavy (non-hydrogen) atoms. The zero-order valence-electron chi connectivity index (χ0n) is 13.8. The third-order valence-corrected chi connectivity index (χ3v) is 7.00. The van der Waals surface area contributed by atoms with Crippen molar-refractivity contribution in [1.29, 1.82) is 0 Å². The molecule has 4 rings (SSSR count). The number of fused-ring (bicyclic) bond motifs is 5. The van der Waals surface area contributed by atoms with Crippen LogP contribution in [0.15, 0.2) is 18.2 Å². The van der Waals surface area contributed by atoms with Crippen molar-refractivity contribution in [1.82, 2.24) is 0 Å². The molecule has 130 valence electrons. The Bertz CT molecular complexity index is 652. The quantitative estimate of drug-likeness (QED) is 0.385. The molecular weight excluding hydrogens is 326 g/mol. The van der Waals surface area contributed by atoms with Gasteiger partial charge in [0.25, 0.3) is 12.3 Å². The number of nitrogens with two attached hydrogens (primary N) is 1. The third-order valence-electron chi connectivity index (χ3n) is 6.60. The van der Waals surface area contributed by atoms with Gasteiger partial charge in [-0.15, -0.1) is 9.32 Å². The molecule has 3 aliphatic carbocycles. The van der Waals surface area contributed by atoms with Crippen molar-refractivity contribution in [2.24, 2.45) is 23.1 Å². The maximum atomic E-state index is 12.4. The number of carbonyl (C=O) groups is 1. The standard InChI is InChI=1S/C18H23NO4S/c1-18-9-8-14-13-5-3-12(21-24-23-22-19)10-11(13)2-4-15(14)16(18)6-7-17(18)20/h3,5,10,14-16H,2,4,6-9,19H2,1H3. The molecule has 0 radical (unpaired) electrons. The van der Waals surface area contributed by atoms with E-state index >= 15 is 0 Å². The second-order valence-corrected chi connectivity index (χ2v) is 7.95. The molecular formula is C18H23NO4S. The average Bonchev–Trinajstić information content (AvgIpc) is 2.90. The third kappa shape index (κ3) is 2.56. The summed E-state index contributed by atoms with van der Waals surface area (Å²) >= 11 is 0.707. The number of aryl methyl sites for hydroxylation is 1.